The van der Waals surface area contributed by atoms with Gasteiger partial charge in [-0.1, -0.05) is 26.7 Å². The molecule has 1 N–H and O–H groups in total. The number of fused-ring (bicyclic) bond motifs is 1. The van der Waals surface area contributed by atoms with Crippen molar-refractivity contribution in [1.82, 2.24) is 10.3 Å². The second-order valence-electron chi connectivity index (χ2n) is 5.17. The third kappa shape index (κ3) is 3.97. The third-order valence-corrected chi connectivity index (χ3v) is 3.65. The molecule has 0 unspecified atom stereocenters. The summed E-state index contributed by atoms with van der Waals surface area (Å²) in [6, 6.07) is 5.51. The average molecular weight is 309 g/mol. The molecule has 2 rings (SSSR count). The highest BCUT2D eigenvalue weighted by Gasteiger charge is 2.14. The van der Waals surface area contributed by atoms with E-state index in [1.807, 2.05) is 0 Å². The summed E-state index contributed by atoms with van der Waals surface area (Å²) >= 11 is 5.70. The Morgan fingerprint density at radius 3 is 2.67 bits per heavy atom. The van der Waals surface area contributed by atoms with Crippen molar-refractivity contribution in [1.29, 1.82) is 0 Å². The van der Waals surface area contributed by atoms with Gasteiger partial charge in [0.2, 0.25) is 5.89 Å². The van der Waals surface area contributed by atoms with Crippen LogP contribution in [0.3, 0.4) is 0 Å². The maximum atomic E-state index is 12.3. The molecule has 5 heteroatoms. The lowest BCUT2D eigenvalue weighted by Crippen LogP contribution is -2.34. The molecular formula is C16H21ClN2O2. The molecule has 1 amide bonds. The van der Waals surface area contributed by atoms with Crippen LogP contribution in [0.1, 0.15) is 55.8 Å². The Morgan fingerprint density at radius 2 is 2.05 bits per heavy atom. The van der Waals surface area contributed by atoms with Crippen LogP contribution in [0.2, 0.25) is 0 Å². The Hall–Kier alpha value is -1.55. The summed E-state index contributed by atoms with van der Waals surface area (Å²) in [4.78, 5) is 16.6. The summed E-state index contributed by atoms with van der Waals surface area (Å²) in [6.07, 6.45) is 4.13. The number of nitrogens with one attached hydrogen (secondary N) is 1. The van der Waals surface area contributed by atoms with Crippen molar-refractivity contribution in [2.45, 2.75) is 51.5 Å². The summed E-state index contributed by atoms with van der Waals surface area (Å²) in [7, 11) is 0. The van der Waals surface area contributed by atoms with E-state index in [-0.39, 0.29) is 17.8 Å². The number of carbonyl (C=O) groups excluding carboxylic acids is 1. The van der Waals surface area contributed by atoms with Gasteiger partial charge in [0.05, 0.1) is 5.88 Å². The van der Waals surface area contributed by atoms with Crippen LogP contribution in [-0.2, 0) is 5.88 Å². The first-order valence-electron chi connectivity index (χ1n) is 7.44. The third-order valence-electron chi connectivity index (χ3n) is 3.42. The van der Waals surface area contributed by atoms with Crippen molar-refractivity contribution < 1.29 is 9.21 Å². The van der Waals surface area contributed by atoms with Crippen molar-refractivity contribution in [3.63, 3.8) is 0 Å². The number of aromatic nitrogens is 1. The highest BCUT2D eigenvalue weighted by atomic mass is 35.5. The molecule has 0 saturated carbocycles. The SMILES string of the molecule is CCCC(CCC)NC(=O)c1ccc2oc(CCl)nc2c1. The van der Waals surface area contributed by atoms with E-state index in [0.717, 1.165) is 25.7 Å². The average Bonchev–Trinajstić information content (AvgIpc) is 2.89. The van der Waals surface area contributed by atoms with Crippen LogP contribution in [0.5, 0.6) is 0 Å². The van der Waals surface area contributed by atoms with Gasteiger partial charge in [-0.2, -0.15) is 0 Å². The number of amides is 1. The molecule has 1 heterocycles. The zero-order valence-corrected chi connectivity index (χ0v) is 13.2. The van der Waals surface area contributed by atoms with Gasteiger partial charge in [-0.25, -0.2) is 4.98 Å². The number of rotatable bonds is 7. The molecule has 0 bridgehead atoms. The van der Waals surface area contributed by atoms with Crippen LogP contribution in [0.15, 0.2) is 22.6 Å². The number of hydrogen-bond acceptors (Lipinski definition) is 3. The molecule has 0 aliphatic carbocycles. The van der Waals surface area contributed by atoms with E-state index in [2.05, 4.69) is 24.1 Å². The lowest BCUT2D eigenvalue weighted by molar-refractivity contribution is 0.0932. The number of halogens is 1. The zero-order chi connectivity index (χ0) is 15.2. The van der Waals surface area contributed by atoms with Gasteiger partial charge in [0.1, 0.15) is 5.52 Å². The number of oxazole rings is 1. The number of hydrogen-bond donors (Lipinski definition) is 1. The van der Waals surface area contributed by atoms with Crippen molar-refractivity contribution in [3.05, 3.63) is 29.7 Å². The minimum Gasteiger partial charge on any atom is -0.439 e. The fourth-order valence-corrected chi connectivity index (χ4v) is 2.54. The van der Waals surface area contributed by atoms with E-state index in [0.29, 0.717) is 22.6 Å². The summed E-state index contributed by atoms with van der Waals surface area (Å²) in [5.74, 6) is 0.643. The van der Waals surface area contributed by atoms with Crippen molar-refractivity contribution in [2.75, 3.05) is 0 Å². The van der Waals surface area contributed by atoms with Gasteiger partial charge < -0.3 is 9.73 Å². The van der Waals surface area contributed by atoms with Gasteiger partial charge >= 0.3 is 0 Å². The van der Waals surface area contributed by atoms with Crippen molar-refractivity contribution in [2.24, 2.45) is 0 Å². The Balaban J connectivity index is 2.14. The quantitative estimate of drug-likeness (QED) is 0.777. The Labute approximate surface area is 129 Å². The molecule has 0 atom stereocenters. The van der Waals surface area contributed by atoms with Gasteiger partial charge in [-0.15, -0.1) is 11.6 Å². The van der Waals surface area contributed by atoms with E-state index >= 15 is 0 Å². The number of alkyl halides is 1. The van der Waals surface area contributed by atoms with Gasteiger partial charge in [0.15, 0.2) is 5.58 Å². The minimum atomic E-state index is -0.0563. The number of benzene rings is 1. The normalized spacial score (nSPS) is 11.2. The zero-order valence-electron chi connectivity index (χ0n) is 12.5. The predicted octanol–water partition coefficient (Wildman–Crippen LogP) is 4.27. The first-order valence-corrected chi connectivity index (χ1v) is 7.97. The lowest BCUT2D eigenvalue weighted by atomic mass is 10.1. The molecule has 0 fully saturated rings. The number of nitrogens with zero attached hydrogens (tertiary/aromatic N) is 1. The molecule has 2 aromatic rings. The topological polar surface area (TPSA) is 55.1 Å². The summed E-state index contributed by atoms with van der Waals surface area (Å²) < 4.78 is 5.44. The Morgan fingerprint density at radius 1 is 1.33 bits per heavy atom. The van der Waals surface area contributed by atoms with Crippen LogP contribution in [-0.4, -0.2) is 16.9 Å². The second-order valence-corrected chi connectivity index (χ2v) is 5.44. The van der Waals surface area contributed by atoms with Gasteiger partial charge in [0.25, 0.3) is 5.91 Å². The molecule has 4 nitrogen and oxygen atoms in total. The first-order chi connectivity index (χ1) is 10.2. The molecule has 1 aromatic heterocycles. The first kappa shape index (κ1) is 15.8. The molecule has 1 aromatic carbocycles. The highest BCUT2D eigenvalue weighted by Crippen LogP contribution is 2.18. The Bertz CT molecular complexity index is 603. The van der Waals surface area contributed by atoms with Gasteiger partial charge in [-0.05, 0) is 31.0 Å². The minimum absolute atomic E-state index is 0.0563. The van der Waals surface area contributed by atoms with E-state index in [1.165, 1.54) is 0 Å². The Kier molecular flexibility index (Phi) is 5.62. The largest absolute Gasteiger partial charge is 0.439 e. The molecule has 0 radical (unpaired) electrons. The van der Waals surface area contributed by atoms with Crippen LogP contribution < -0.4 is 5.32 Å². The van der Waals surface area contributed by atoms with Gasteiger partial charge in [0, 0.05) is 11.6 Å². The molecule has 21 heavy (non-hydrogen) atoms. The standard InChI is InChI=1S/C16H21ClN2O2/c1-3-5-12(6-4-2)18-16(20)11-7-8-14-13(9-11)19-15(10-17)21-14/h7-9,12H,3-6,10H2,1-2H3,(H,18,20). The molecule has 0 aliphatic heterocycles. The monoisotopic (exact) mass is 308 g/mol. The van der Waals surface area contributed by atoms with E-state index in [9.17, 15) is 4.79 Å². The molecule has 0 aliphatic rings. The second kappa shape index (κ2) is 7.46. The van der Waals surface area contributed by atoms with Crippen molar-refractivity contribution >= 4 is 28.6 Å². The van der Waals surface area contributed by atoms with E-state index in [4.69, 9.17) is 16.0 Å². The highest BCUT2D eigenvalue weighted by molar-refractivity contribution is 6.16. The van der Waals surface area contributed by atoms with Crippen LogP contribution >= 0.6 is 11.6 Å². The fraction of sp³-hybridized carbons (Fsp3) is 0.500. The summed E-state index contributed by atoms with van der Waals surface area (Å²) in [5.41, 5.74) is 1.93. The molecule has 0 spiro atoms. The van der Waals surface area contributed by atoms with Crippen LogP contribution in [0.25, 0.3) is 11.1 Å². The number of carbonyl (C=O) groups is 1. The van der Waals surface area contributed by atoms with Crippen molar-refractivity contribution in [3.8, 4) is 0 Å². The maximum Gasteiger partial charge on any atom is 0.251 e. The van der Waals surface area contributed by atoms with Crippen LogP contribution in [0, 0.1) is 0 Å². The molecule has 114 valence electrons. The predicted molar refractivity (Wildman–Crippen MR) is 84.6 cm³/mol. The maximum absolute atomic E-state index is 12.3. The lowest BCUT2D eigenvalue weighted by Gasteiger charge is -2.17. The molecular weight excluding hydrogens is 288 g/mol. The van der Waals surface area contributed by atoms with E-state index in [1.54, 1.807) is 18.2 Å². The smallest absolute Gasteiger partial charge is 0.251 e. The molecule has 0 saturated heterocycles. The van der Waals surface area contributed by atoms with E-state index < -0.39 is 0 Å². The van der Waals surface area contributed by atoms with Crippen LogP contribution in [0.4, 0.5) is 0 Å². The fourth-order valence-electron chi connectivity index (χ4n) is 2.43. The summed E-state index contributed by atoms with van der Waals surface area (Å²) in [6.45, 7) is 4.26. The van der Waals surface area contributed by atoms with Gasteiger partial charge in [-0.3, -0.25) is 4.79 Å². The summed E-state index contributed by atoms with van der Waals surface area (Å²) in [5, 5.41) is 3.10.